The van der Waals surface area contributed by atoms with Crippen molar-refractivity contribution in [1.29, 1.82) is 0 Å². The maximum Gasteiger partial charge on any atom is 0.416 e. The third-order valence-electron chi connectivity index (χ3n) is 4.93. The molecule has 1 unspecified atom stereocenters. The van der Waals surface area contributed by atoms with Gasteiger partial charge < -0.3 is 19.8 Å². The molecule has 1 N–H and O–H groups in total. The standard InChI is InChI=1S/C23H26F3N3O3/c1-15(2)27-22(30)29(13-16-8-10-17(11-9-16)23(24,25)26)14-18-12-20(28-32-18)19-6-4-5-7-21(19)31-3/h4-11,15,18H,12-14H2,1-3H3,(H,27,30). The molecule has 2 amide bonds. The van der Waals surface area contributed by atoms with Gasteiger partial charge in [0.25, 0.3) is 0 Å². The van der Waals surface area contributed by atoms with Crippen LogP contribution in [0, 0.1) is 0 Å². The summed E-state index contributed by atoms with van der Waals surface area (Å²) < 4.78 is 43.9. The normalized spacial score (nSPS) is 15.8. The molecular formula is C23H26F3N3O3. The Morgan fingerprint density at radius 3 is 2.53 bits per heavy atom. The number of carbonyl (C=O) groups is 1. The number of halogens is 3. The van der Waals surface area contributed by atoms with Crippen molar-refractivity contribution >= 4 is 11.7 Å². The number of oxime groups is 1. The first-order valence-corrected chi connectivity index (χ1v) is 10.2. The zero-order valence-corrected chi connectivity index (χ0v) is 18.1. The van der Waals surface area contributed by atoms with E-state index in [0.717, 1.165) is 17.7 Å². The molecule has 0 aliphatic carbocycles. The SMILES string of the molecule is COc1ccccc1C1=NOC(CN(Cc2ccc(C(F)(F)F)cc2)C(=O)NC(C)C)C1. The van der Waals surface area contributed by atoms with Crippen LogP contribution in [0.5, 0.6) is 5.75 Å². The van der Waals surface area contributed by atoms with Crippen LogP contribution < -0.4 is 10.1 Å². The molecule has 1 heterocycles. The van der Waals surface area contributed by atoms with Crippen molar-refractivity contribution in [1.82, 2.24) is 10.2 Å². The van der Waals surface area contributed by atoms with Gasteiger partial charge in [-0.3, -0.25) is 0 Å². The molecule has 0 aromatic heterocycles. The lowest BCUT2D eigenvalue weighted by Gasteiger charge is -2.26. The fraction of sp³-hybridized carbons (Fsp3) is 0.391. The molecule has 1 aliphatic heterocycles. The van der Waals surface area contributed by atoms with Crippen LogP contribution in [-0.2, 0) is 17.6 Å². The Labute approximate surface area is 185 Å². The summed E-state index contributed by atoms with van der Waals surface area (Å²) in [5.41, 5.74) is 1.39. The van der Waals surface area contributed by atoms with Crippen LogP contribution in [0.3, 0.4) is 0 Å². The Hall–Kier alpha value is -3.23. The minimum absolute atomic E-state index is 0.0949. The molecule has 2 aromatic carbocycles. The van der Waals surface area contributed by atoms with E-state index in [9.17, 15) is 18.0 Å². The van der Waals surface area contributed by atoms with Gasteiger partial charge in [0.15, 0.2) is 6.10 Å². The second kappa shape index (κ2) is 9.93. The molecule has 1 aliphatic rings. The molecule has 0 saturated heterocycles. The number of carbonyl (C=O) groups excluding carboxylic acids is 1. The summed E-state index contributed by atoms with van der Waals surface area (Å²) in [5.74, 6) is 0.676. The van der Waals surface area contributed by atoms with Gasteiger partial charge in [-0.05, 0) is 43.7 Å². The number of nitrogens with one attached hydrogen (secondary N) is 1. The molecule has 9 heteroatoms. The molecular weight excluding hydrogens is 423 g/mol. The first kappa shape index (κ1) is 23.4. The molecule has 0 spiro atoms. The topological polar surface area (TPSA) is 63.2 Å². The lowest BCUT2D eigenvalue weighted by molar-refractivity contribution is -0.137. The molecule has 2 aromatic rings. The number of ether oxygens (including phenoxy) is 1. The summed E-state index contributed by atoms with van der Waals surface area (Å²) >= 11 is 0. The zero-order valence-electron chi connectivity index (χ0n) is 18.1. The maximum absolute atomic E-state index is 12.8. The highest BCUT2D eigenvalue weighted by Crippen LogP contribution is 2.29. The number of hydrogen-bond acceptors (Lipinski definition) is 4. The van der Waals surface area contributed by atoms with E-state index in [-0.39, 0.29) is 31.3 Å². The van der Waals surface area contributed by atoms with Crippen molar-refractivity contribution in [2.24, 2.45) is 5.16 Å². The van der Waals surface area contributed by atoms with Gasteiger partial charge in [0.05, 0.1) is 24.9 Å². The van der Waals surface area contributed by atoms with E-state index in [0.29, 0.717) is 23.4 Å². The molecule has 0 fully saturated rings. The third kappa shape index (κ3) is 5.93. The van der Waals surface area contributed by atoms with Gasteiger partial charge in [0, 0.05) is 24.6 Å². The average Bonchev–Trinajstić information content (AvgIpc) is 3.21. The molecule has 0 saturated carbocycles. The predicted molar refractivity (Wildman–Crippen MR) is 115 cm³/mol. The van der Waals surface area contributed by atoms with Crippen LogP contribution >= 0.6 is 0 Å². The van der Waals surface area contributed by atoms with E-state index < -0.39 is 11.7 Å². The maximum atomic E-state index is 12.8. The number of alkyl halides is 3. The van der Waals surface area contributed by atoms with Crippen molar-refractivity contribution in [3.8, 4) is 5.75 Å². The number of benzene rings is 2. The van der Waals surface area contributed by atoms with Crippen LogP contribution in [0.1, 0.15) is 37.0 Å². The van der Waals surface area contributed by atoms with Gasteiger partial charge in [0.2, 0.25) is 0 Å². The molecule has 6 nitrogen and oxygen atoms in total. The summed E-state index contributed by atoms with van der Waals surface area (Å²) in [5, 5.41) is 7.00. The van der Waals surface area contributed by atoms with E-state index in [4.69, 9.17) is 9.57 Å². The lowest BCUT2D eigenvalue weighted by Crippen LogP contribution is -2.45. The van der Waals surface area contributed by atoms with Gasteiger partial charge in [-0.1, -0.05) is 29.4 Å². The predicted octanol–water partition coefficient (Wildman–Crippen LogP) is 4.83. The average molecular weight is 449 g/mol. The highest BCUT2D eigenvalue weighted by Gasteiger charge is 2.31. The van der Waals surface area contributed by atoms with Gasteiger partial charge >= 0.3 is 12.2 Å². The second-order valence-corrected chi connectivity index (χ2v) is 7.85. The minimum Gasteiger partial charge on any atom is -0.496 e. The monoisotopic (exact) mass is 449 g/mol. The molecule has 1 atom stereocenters. The fourth-order valence-corrected chi connectivity index (χ4v) is 3.39. The van der Waals surface area contributed by atoms with Gasteiger partial charge in [-0.2, -0.15) is 13.2 Å². The molecule has 0 radical (unpaired) electrons. The summed E-state index contributed by atoms with van der Waals surface area (Å²) in [7, 11) is 1.58. The summed E-state index contributed by atoms with van der Waals surface area (Å²) in [6.07, 6.45) is -4.32. The third-order valence-corrected chi connectivity index (χ3v) is 4.93. The Balaban J connectivity index is 1.71. The number of urea groups is 1. The number of hydrogen-bond donors (Lipinski definition) is 1. The fourth-order valence-electron chi connectivity index (χ4n) is 3.39. The van der Waals surface area contributed by atoms with Crippen molar-refractivity contribution < 1.29 is 27.5 Å². The van der Waals surface area contributed by atoms with Crippen molar-refractivity contribution in [3.63, 3.8) is 0 Å². The number of nitrogens with zero attached hydrogens (tertiary/aromatic N) is 2. The van der Waals surface area contributed by atoms with E-state index in [2.05, 4.69) is 10.5 Å². The number of amides is 2. The first-order chi connectivity index (χ1) is 15.2. The molecule has 0 bridgehead atoms. The Kier molecular flexibility index (Phi) is 7.27. The second-order valence-electron chi connectivity index (χ2n) is 7.85. The van der Waals surface area contributed by atoms with Crippen LogP contribution in [0.25, 0.3) is 0 Å². The number of rotatable bonds is 7. The zero-order chi connectivity index (χ0) is 23.3. The highest BCUT2D eigenvalue weighted by atomic mass is 19.4. The Morgan fingerprint density at radius 2 is 1.91 bits per heavy atom. The summed E-state index contributed by atoms with van der Waals surface area (Å²) in [4.78, 5) is 19.8. The number of methoxy groups -OCH3 is 1. The van der Waals surface area contributed by atoms with E-state index in [1.807, 2.05) is 38.1 Å². The van der Waals surface area contributed by atoms with Crippen LogP contribution in [0.2, 0.25) is 0 Å². The van der Waals surface area contributed by atoms with Crippen LogP contribution in [-0.4, -0.2) is 42.4 Å². The van der Waals surface area contributed by atoms with Crippen molar-refractivity contribution in [3.05, 3.63) is 65.2 Å². The van der Waals surface area contributed by atoms with Crippen LogP contribution in [0.15, 0.2) is 53.7 Å². The Bertz CT molecular complexity index is 959. The van der Waals surface area contributed by atoms with Gasteiger partial charge in [-0.15, -0.1) is 0 Å². The Morgan fingerprint density at radius 1 is 1.22 bits per heavy atom. The summed E-state index contributed by atoms with van der Waals surface area (Å²) in [6, 6.07) is 11.8. The smallest absolute Gasteiger partial charge is 0.416 e. The first-order valence-electron chi connectivity index (χ1n) is 10.2. The largest absolute Gasteiger partial charge is 0.496 e. The lowest BCUT2D eigenvalue weighted by atomic mass is 10.0. The molecule has 3 rings (SSSR count). The summed E-state index contributed by atoms with van der Waals surface area (Å²) in [6.45, 7) is 4.04. The molecule has 32 heavy (non-hydrogen) atoms. The minimum atomic E-state index is -4.41. The quantitative estimate of drug-likeness (QED) is 0.659. The van der Waals surface area contributed by atoms with Gasteiger partial charge in [-0.25, -0.2) is 4.79 Å². The van der Waals surface area contributed by atoms with Crippen molar-refractivity contribution in [2.45, 2.75) is 45.1 Å². The van der Waals surface area contributed by atoms with E-state index >= 15 is 0 Å². The highest BCUT2D eigenvalue weighted by molar-refractivity contribution is 6.03. The van der Waals surface area contributed by atoms with E-state index in [1.54, 1.807) is 7.11 Å². The van der Waals surface area contributed by atoms with E-state index in [1.165, 1.54) is 17.0 Å². The van der Waals surface area contributed by atoms with Gasteiger partial charge in [0.1, 0.15) is 5.75 Å². The van der Waals surface area contributed by atoms with Crippen molar-refractivity contribution in [2.75, 3.05) is 13.7 Å². The number of para-hydroxylation sites is 1. The van der Waals surface area contributed by atoms with Crippen LogP contribution in [0.4, 0.5) is 18.0 Å². The molecule has 172 valence electrons.